The highest BCUT2D eigenvalue weighted by Gasteiger charge is 2.31. The van der Waals surface area contributed by atoms with Gasteiger partial charge in [0, 0.05) is 32.7 Å². The molecule has 8 nitrogen and oxygen atoms in total. The molecule has 0 saturated carbocycles. The highest BCUT2D eigenvalue weighted by molar-refractivity contribution is 7.89. The number of sulfonamides is 1. The van der Waals surface area contributed by atoms with Crippen molar-refractivity contribution in [1.82, 2.24) is 14.1 Å². The Hall–Kier alpha value is -1.97. The monoisotopic (exact) mass is 394 g/mol. The molecule has 3 rings (SSSR count). The highest BCUT2D eigenvalue weighted by Crippen LogP contribution is 2.18. The predicted molar refractivity (Wildman–Crippen MR) is 100 cm³/mol. The number of benzene rings is 1. The summed E-state index contributed by atoms with van der Waals surface area (Å²) >= 11 is 0. The first kappa shape index (κ1) is 19.8. The van der Waals surface area contributed by atoms with Crippen molar-refractivity contribution in [3.8, 4) is 0 Å². The van der Waals surface area contributed by atoms with Crippen LogP contribution in [-0.4, -0.2) is 80.2 Å². The fraction of sp³-hybridized carbons (Fsp3) is 0.556. The van der Waals surface area contributed by atoms with Crippen molar-refractivity contribution in [2.24, 2.45) is 11.7 Å². The molecule has 0 aromatic heterocycles. The molecule has 0 spiro atoms. The number of primary amides is 1. The number of amides is 2. The van der Waals surface area contributed by atoms with E-state index in [1.54, 1.807) is 35.2 Å². The van der Waals surface area contributed by atoms with Crippen molar-refractivity contribution in [2.75, 3.05) is 45.8 Å². The molecule has 0 unspecified atom stereocenters. The SMILES string of the molecule is NC(=O)[C@H]1CCCN(CC(=O)N2CCN(S(=O)(=O)c3ccccc3)CC2)C1. The summed E-state index contributed by atoms with van der Waals surface area (Å²) in [7, 11) is -3.52. The Balaban J connectivity index is 1.53. The zero-order chi connectivity index (χ0) is 19.4. The maximum absolute atomic E-state index is 12.7. The van der Waals surface area contributed by atoms with Gasteiger partial charge in [-0.15, -0.1) is 0 Å². The molecule has 1 aromatic carbocycles. The summed E-state index contributed by atoms with van der Waals surface area (Å²) in [6.07, 6.45) is 1.63. The van der Waals surface area contributed by atoms with Gasteiger partial charge in [0.15, 0.2) is 0 Å². The van der Waals surface area contributed by atoms with Gasteiger partial charge in [-0.1, -0.05) is 18.2 Å². The fourth-order valence-corrected chi connectivity index (χ4v) is 5.09. The second kappa shape index (κ2) is 8.37. The number of piperidine rings is 1. The van der Waals surface area contributed by atoms with Crippen LogP contribution in [0.4, 0.5) is 0 Å². The molecule has 2 heterocycles. The molecule has 27 heavy (non-hydrogen) atoms. The summed E-state index contributed by atoms with van der Waals surface area (Å²) in [5.41, 5.74) is 5.38. The van der Waals surface area contributed by atoms with Crippen molar-refractivity contribution < 1.29 is 18.0 Å². The van der Waals surface area contributed by atoms with E-state index in [9.17, 15) is 18.0 Å². The molecule has 2 aliphatic rings. The van der Waals surface area contributed by atoms with Crippen molar-refractivity contribution >= 4 is 21.8 Å². The van der Waals surface area contributed by atoms with Crippen molar-refractivity contribution in [3.63, 3.8) is 0 Å². The molecule has 2 saturated heterocycles. The molecule has 2 fully saturated rings. The van der Waals surface area contributed by atoms with Crippen molar-refractivity contribution in [3.05, 3.63) is 30.3 Å². The zero-order valence-electron chi connectivity index (χ0n) is 15.3. The quantitative estimate of drug-likeness (QED) is 0.740. The van der Waals surface area contributed by atoms with Gasteiger partial charge in [-0.25, -0.2) is 8.42 Å². The van der Waals surface area contributed by atoms with Gasteiger partial charge in [-0.3, -0.25) is 14.5 Å². The number of likely N-dealkylation sites (tertiary alicyclic amines) is 1. The molecule has 0 aliphatic carbocycles. The average Bonchev–Trinajstić information content (AvgIpc) is 2.69. The number of hydrogen-bond donors (Lipinski definition) is 1. The van der Waals surface area contributed by atoms with Gasteiger partial charge in [0.05, 0.1) is 17.4 Å². The third kappa shape index (κ3) is 4.66. The van der Waals surface area contributed by atoms with E-state index in [4.69, 9.17) is 5.73 Å². The van der Waals surface area contributed by atoms with Crippen LogP contribution in [0.3, 0.4) is 0 Å². The van der Waals surface area contributed by atoms with Gasteiger partial charge in [0.1, 0.15) is 0 Å². The summed E-state index contributed by atoms with van der Waals surface area (Å²) in [5, 5.41) is 0. The average molecular weight is 394 g/mol. The molecular formula is C18H26N4O4S. The lowest BCUT2D eigenvalue weighted by atomic mass is 9.97. The number of carbonyl (C=O) groups is 2. The summed E-state index contributed by atoms with van der Waals surface area (Å²) < 4.78 is 26.7. The first-order valence-corrected chi connectivity index (χ1v) is 10.7. The minimum Gasteiger partial charge on any atom is -0.369 e. The normalized spacial score (nSPS) is 22.5. The molecule has 2 amide bonds. The number of rotatable bonds is 5. The minimum atomic E-state index is -3.52. The first-order chi connectivity index (χ1) is 12.9. The van der Waals surface area contributed by atoms with Crippen LogP contribution in [0.2, 0.25) is 0 Å². The Kier molecular flexibility index (Phi) is 6.13. The number of hydrogen-bond acceptors (Lipinski definition) is 5. The number of nitrogens with zero attached hydrogens (tertiary/aromatic N) is 3. The number of carbonyl (C=O) groups excluding carboxylic acids is 2. The van der Waals surface area contributed by atoms with Crippen LogP contribution in [0, 0.1) is 5.92 Å². The van der Waals surface area contributed by atoms with Gasteiger partial charge in [0.2, 0.25) is 21.8 Å². The molecule has 1 atom stereocenters. The van der Waals surface area contributed by atoms with E-state index < -0.39 is 10.0 Å². The molecule has 0 bridgehead atoms. The molecule has 2 N–H and O–H groups in total. The molecule has 9 heteroatoms. The summed E-state index contributed by atoms with van der Waals surface area (Å²) in [5.74, 6) is -0.539. The lowest BCUT2D eigenvalue weighted by molar-refractivity contribution is -0.135. The van der Waals surface area contributed by atoms with E-state index in [-0.39, 0.29) is 42.3 Å². The Morgan fingerprint density at radius 2 is 1.70 bits per heavy atom. The standard InChI is InChI=1S/C18H26N4O4S/c19-18(24)15-5-4-8-20(13-15)14-17(23)21-9-11-22(12-10-21)27(25,26)16-6-2-1-3-7-16/h1-3,6-7,15H,4-5,8-14H2,(H2,19,24)/t15-/m0/s1. The summed E-state index contributed by atoms with van der Waals surface area (Å²) in [6, 6.07) is 8.34. The van der Waals surface area contributed by atoms with E-state index in [1.807, 2.05) is 4.90 Å². The number of piperazine rings is 1. The second-order valence-corrected chi connectivity index (χ2v) is 9.01. The molecule has 0 radical (unpaired) electrons. The van der Waals surface area contributed by atoms with E-state index in [0.29, 0.717) is 19.6 Å². The minimum absolute atomic E-state index is 0.0307. The smallest absolute Gasteiger partial charge is 0.243 e. The van der Waals surface area contributed by atoms with Crippen LogP contribution in [0.5, 0.6) is 0 Å². The van der Waals surface area contributed by atoms with E-state index in [1.165, 1.54) is 4.31 Å². The van der Waals surface area contributed by atoms with Gasteiger partial charge in [-0.2, -0.15) is 4.31 Å². The Morgan fingerprint density at radius 1 is 1.04 bits per heavy atom. The van der Waals surface area contributed by atoms with Crippen LogP contribution >= 0.6 is 0 Å². The van der Waals surface area contributed by atoms with E-state index in [0.717, 1.165) is 19.4 Å². The van der Waals surface area contributed by atoms with Crippen LogP contribution in [0.1, 0.15) is 12.8 Å². The topological polar surface area (TPSA) is 104 Å². The zero-order valence-corrected chi connectivity index (χ0v) is 16.1. The van der Waals surface area contributed by atoms with E-state index >= 15 is 0 Å². The van der Waals surface area contributed by atoms with Crippen molar-refractivity contribution in [1.29, 1.82) is 0 Å². The summed E-state index contributed by atoms with van der Waals surface area (Å²) in [4.78, 5) is 27.9. The lowest BCUT2D eigenvalue weighted by Crippen LogP contribution is -2.53. The van der Waals surface area contributed by atoms with Crippen LogP contribution in [0.25, 0.3) is 0 Å². The number of nitrogens with two attached hydrogens (primary N) is 1. The predicted octanol–water partition coefficient (Wildman–Crippen LogP) is -0.283. The molecule has 2 aliphatic heterocycles. The second-order valence-electron chi connectivity index (χ2n) is 7.07. The lowest BCUT2D eigenvalue weighted by Gasteiger charge is -2.36. The maximum Gasteiger partial charge on any atom is 0.243 e. The van der Waals surface area contributed by atoms with Crippen LogP contribution in [-0.2, 0) is 19.6 Å². The van der Waals surface area contributed by atoms with Gasteiger partial charge >= 0.3 is 0 Å². The van der Waals surface area contributed by atoms with Crippen molar-refractivity contribution in [2.45, 2.75) is 17.7 Å². The summed E-state index contributed by atoms with van der Waals surface area (Å²) in [6.45, 7) is 2.85. The Morgan fingerprint density at radius 3 is 2.33 bits per heavy atom. The maximum atomic E-state index is 12.7. The van der Waals surface area contributed by atoms with Crippen LogP contribution < -0.4 is 5.73 Å². The largest absolute Gasteiger partial charge is 0.369 e. The molecular weight excluding hydrogens is 368 g/mol. The van der Waals surface area contributed by atoms with Gasteiger partial charge in [-0.05, 0) is 31.5 Å². The molecule has 1 aromatic rings. The fourth-order valence-electron chi connectivity index (χ4n) is 3.64. The Bertz CT molecular complexity index is 776. The van der Waals surface area contributed by atoms with Crippen LogP contribution in [0.15, 0.2) is 35.2 Å². The van der Waals surface area contributed by atoms with E-state index in [2.05, 4.69) is 0 Å². The van der Waals surface area contributed by atoms with Gasteiger partial charge in [0.25, 0.3) is 0 Å². The molecule has 148 valence electrons. The van der Waals surface area contributed by atoms with Gasteiger partial charge < -0.3 is 10.6 Å². The highest BCUT2D eigenvalue weighted by atomic mass is 32.2. The Labute approximate surface area is 160 Å². The third-order valence-electron chi connectivity index (χ3n) is 5.24. The first-order valence-electron chi connectivity index (χ1n) is 9.22. The third-order valence-corrected chi connectivity index (χ3v) is 7.15.